The van der Waals surface area contributed by atoms with Gasteiger partial charge in [-0.2, -0.15) is 0 Å². The predicted molar refractivity (Wildman–Crippen MR) is 137 cm³/mol. The molecule has 2 fully saturated rings. The van der Waals surface area contributed by atoms with Gasteiger partial charge in [0.25, 0.3) is 0 Å². The Morgan fingerprint density at radius 1 is 1.00 bits per heavy atom. The topological polar surface area (TPSA) is 69.9 Å². The first-order valence-electron chi connectivity index (χ1n) is 13.8. The van der Waals surface area contributed by atoms with Crippen molar-refractivity contribution in [2.75, 3.05) is 6.61 Å². The van der Waals surface area contributed by atoms with Gasteiger partial charge in [-0.1, -0.05) is 57.9 Å². The SMILES string of the molecule is CC(C)(C=CC[C@@H](CO)[C@H]1CC[C@@]2(C)C3=C(CC[C@]12C)[C@@]1(C)CC[C@H](O)C(C)(C)[C@@H]1CC3)OO. The third kappa shape index (κ3) is 3.78. The Morgan fingerprint density at radius 2 is 1.71 bits per heavy atom. The fraction of sp³-hybridized carbons (Fsp3) is 0.867. The van der Waals surface area contributed by atoms with Crippen LogP contribution < -0.4 is 0 Å². The normalized spacial score (nSPS) is 42.9. The lowest BCUT2D eigenvalue weighted by Gasteiger charge is -2.62. The zero-order chi connectivity index (χ0) is 25.2. The molecule has 34 heavy (non-hydrogen) atoms. The smallest absolute Gasteiger partial charge is 0.116 e. The van der Waals surface area contributed by atoms with E-state index in [0.29, 0.717) is 11.8 Å². The van der Waals surface area contributed by atoms with Crippen LogP contribution in [-0.2, 0) is 4.89 Å². The van der Waals surface area contributed by atoms with Crippen LogP contribution in [0.25, 0.3) is 0 Å². The van der Waals surface area contributed by atoms with Crippen molar-refractivity contribution in [2.24, 2.45) is 39.4 Å². The first-order valence-corrected chi connectivity index (χ1v) is 13.8. The zero-order valence-corrected chi connectivity index (χ0v) is 22.8. The molecule has 4 nitrogen and oxygen atoms in total. The average Bonchev–Trinajstić information content (AvgIpc) is 3.06. The molecule has 0 saturated heterocycles. The molecule has 0 aromatic carbocycles. The van der Waals surface area contributed by atoms with E-state index in [-0.39, 0.29) is 40.3 Å². The van der Waals surface area contributed by atoms with Crippen LogP contribution in [0.2, 0.25) is 0 Å². The Kier molecular flexibility index (Phi) is 6.76. The van der Waals surface area contributed by atoms with Crippen LogP contribution in [0.3, 0.4) is 0 Å². The molecule has 0 unspecified atom stereocenters. The van der Waals surface area contributed by atoms with Crippen molar-refractivity contribution in [1.82, 2.24) is 0 Å². The van der Waals surface area contributed by atoms with Gasteiger partial charge < -0.3 is 10.2 Å². The monoisotopic (exact) mass is 474 g/mol. The summed E-state index contributed by atoms with van der Waals surface area (Å²) in [6.45, 7) is 16.1. The van der Waals surface area contributed by atoms with E-state index in [1.165, 1.54) is 38.5 Å². The molecule has 194 valence electrons. The summed E-state index contributed by atoms with van der Waals surface area (Å²) in [5.41, 5.74) is 3.38. The van der Waals surface area contributed by atoms with Crippen LogP contribution in [-0.4, -0.2) is 33.8 Å². The highest BCUT2D eigenvalue weighted by atomic mass is 17.1. The molecule has 4 aliphatic carbocycles. The summed E-state index contributed by atoms with van der Waals surface area (Å²) in [4.78, 5) is 4.56. The molecule has 0 aromatic rings. The van der Waals surface area contributed by atoms with Gasteiger partial charge in [-0.3, -0.25) is 5.26 Å². The number of allylic oxidation sites excluding steroid dienone is 3. The first-order chi connectivity index (χ1) is 15.8. The highest BCUT2D eigenvalue weighted by Crippen LogP contribution is 2.72. The summed E-state index contributed by atoms with van der Waals surface area (Å²) in [6.07, 6.45) is 13.8. The lowest BCUT2D eigenvalue weighted by molar-refractivity contribution is -0.297. The van der Waals surface area contributed by atoms with Gasteiger partial charge in [-0.05, 0) is 111 Å². The molecule has 0 radical (unpaired) electrons. The van der Waals surface area contributed by atoms with Gasteiger partial charge in [0, 0.05) is 6.61 Å². The van der Waals surface area contributed by atoms with Gasteiger partial charge in [0.2, 0.25) is 0 Å². The number of aliphatic hydroxyl groups is 2. The van der Waals surface area contributed by atoms with E-state index < -0.39 is 5.60 Å². The van der Waals surface area contributed by atoms with Gasteiger partial charge in [-0.25, -0.2) is 4.89 Å². The molecule has 4 rings (SSSR count). The van der Waals surface area contributed by atoms with Crippen LogP contribution in [0.15, 0.2) is 23.3 Å². The van der Waals surface area contributed by atoms with E-state index in [9.17, 15) is 10.2 Å². The summed E-state index contributed by atoms with van der Waals surface area (Å²) in [6, 6.07) is 0. The van der Waals surface area contributed by atoms with E-state index in [1.807, 2.05) is 19.9 Å². The van der Waals surface area contributed by atoms with E-state index >= 15 is 0 Å². The van der Waals surface area contributed by atoms with Gasteiger partial charge in [-0.15, -0.1) is 0 Å². The third-order valence-electron chi connectivity index (χ3n) is 11.8. The van der Waals surface area contributed by atoms with Crippen LogP contribution in [0.5, 0.6) is 0 Å². The highest BCUT2D eigenvalue weighted by molar-refractivity contribution is 5.38. The van der Waals surface area contributed by atoms with Crippen LogP contribution in [0, 0.1) is 39.4 Å². The van der Waals surface area contributed by atoms with Crippen molar-refractivity contribution in [3.63, 3.8) is 0 Å². The maximum Gasteiger partial charge on any atom is 0.116 e. The summed E-state index contributed by atoms with van der Waals surface area (Å²) in [5, 5.41) is 30.3. The van der Waals surface area contributed by atoms with Crippen molar-refractivity contribution in [3.8, 4) is 0 Å². The molecule has 0 aliphatic heterocycles. The van der Waals surface area contributed by atoms with E-state index in [4.69, 9.17) is 5.26 Å². The quantitative estimate of drug-likeness (QED) is 0.222. The molecule has 0 spiro atoms. The fourth-order valence-electron chi connectivity index (χ4n) is 9.40. The number of aliphatic hydroxyl groups excluding tert-OH is 2. The predicted octanol–water partition coefficient (Wildman–Crippen LogP) is 6.92. The molecule has 0 aromatic heterocycles. The summed E-state index contributed by atoms with van der Waals surface area (Å²) < 4.78 is 0. The number of hydrogen-bond acceptors (Lipinski definition) is 4. The second kappa shape index (κ2) is 8.71. The summed E-state index contributed by atoms with van der Waals surface area (Å²) >= 11 is 0. The summed E-state index contributed by atoms with van der Waals surface area (Å²) in [5.74, 6) is 1.28. The van der Waals surface area contributed by atoms with E-state index in [0.717, 1.165) is 19.3 Å². The van der Waals surface area contributed by atoms with Crippen LogP contribution in [0.1, 0.15) is 106 Å². The van der Waals surface area contributed by atoms with Crippen LogP contribution >= 0.6 is 0 Å². The van der Waals surface area contributed by atoms with Gasteiger partial charge in [0.15, 0.2) is 0 Å². The molecule has 3 N–H and O–H groups in total. The largest absolute Gasteiger partial charge is 0.396 e. The molecule has 0 bridgehead atoms. The Balaban J connectivity index is 1.64. The standard InChI is InChI=1S/C30H50O4/c1-26(2,34-33)15-8-9-20(19-31)21-12-17-30(7)23-10-11-24-27(3,4)25(32)14-16-28(24,5)22(23)13-18-29(21,30)6/h8,15,20-21,24-25,31-33H,9-14,16-19H2,1-7H3/t20-,21+,24-,25-,28+,29+,30-/m0/s1. The first kappa shape index (κ1) is 26.4. The van der Waals surface area contributed by atoms with Crippen molar-refractivity contribution < 1.29 is 20.4 Å². The van der Waals surface area contributed by atoms with Crippen molar-refractivity contribution in [3.05, 3.63) is 23.3 Å². The lowest BCUT2D eigenvalue weighted by Crippen LogP contribution is -2.55. The van der Waals surface area contributed by atoms with Gasteiger partial charge >= 0.3 is 0 Å². The average molecular weight is 475 g/mol. The van der Waals surface area contributed by atoms with Crippen LogP contribution in [0.4, 0.5) is 0 Å². The van der Waals surface area contributed by atoms with E-state index in [1.54, 1.807) is 11.1 Å². The Morgan fingerprint density at radius 3 is 2.35 bits per heavy atom. The van der Waals surface area contributed by atoms with Crippen molar-refractivity contribution in [2.45, 2.75) is 118 Å². The van der Waals surface area contributed by atoms with E-state index in [2.05, 4.69) is 45.6 Å². The Labute approximate surface area is 207 Å². The molecule has 2 saturated carbocycles. The minimum absolute atomic E-state index is 0.0220. The maximum atomic E-state index is 10.8. The number of hydrogen-bond donors (Lipinski definition) is 3. The Bertz CT molecular complexity index is 841. The maximum absolute atomic E-state index is 10.8. The molecule has 7 atom stereocenters. The molecule has 0 heterocycles. The third-order valence-corrected chi connectivity index (χ3v) is 11.8. The summed E-state index contributed by atoms with van der Waals surface area (Å²) in [7, 11) is 0. The second-order valence-corrected chi connectivity index (χ2v) is 14.0. The molecular weight excluding hydrogens is 424 g/mol. The van der Waals surface area contributed by atoms with Gasteiger partial charge in [0.1, 0.15) is 5.60 Å². The molecule has 4 aliphatic rings. The molecular formula is C30H50O4. The van der Waals surface area contributed by atoms with Crippen molar-refractivity contribution >= 4 is 0 Å². The lowest BCUT2D eigenvalue weighted by atomic mass is 9.43. The second-order valence-electron chi connectivity index (χ2n) is 14.0. The fourth-order valence-corrected chi connectivity index (χ4v) is 9.40. The number of rotatable bonds is 6. The number of fused-ring (bicyclic) bond motifs is 4. The zero-order valence-electron chi connectivity index (χ0n) is 22.8. The minimum atomic E-state index is -0.700. The highest BCUT2D eigenvalue weighted by Gasteiger charge is 2.63. The van der Waals surface area contributed by atoms with Gasteiger partial charge in [0.05, 0.1) is 6.10 Å². The Hall–Kier alpha value is -0.680. The van der Waals surface area contributed by atoms with Crippen molar-refractivity contribution in [1.29, 1.82) is 0 Å². The molecule has 4 heteroatoms. The molecule has 0 amide bonds. The minimum Gasteiger partial charge on any atom is -0.396 e.